The van der Waals surface area contributed by atoms with Crippen molar-refractivity contribution in [2.24, 2.45) is 5.92 Å². The second kappa shape index (κ2) is 8.39. The lowest BCUT2D eigenvalue weighted by Gasteiger charge is -2.44. The van der Waals surface area contributed by atoms with Gasteiger partial charge in [-0.3, -0.25) is 4.90 Å². The van der Waals surface area contributed by atoms with E-state index in [0.717, 1.165) is 12.0 Å². The summed E-state index contributed by atoms with van der Waals surface area (Å²) >= 11 is 0. The molecule has 5 heteroatoms. The first-order valence-electron chi connectivity index (χ1n) is 9.13. The van der Waals surface area contributed by atoms with E-state index in [-0.39, 0.29) is 11.7 Å². The second-order valence-electron chi connectivity index (χ2n) is 6.90. The van der Waals surface area contributed by atoms with Gasteiger partial charge < -0.3 is 14.6 Å². The van der Waals surface area contributed by atoms with Crippen molar-refractivity contribution in [2.75, 3.05) is 26.8 Å². The van der Waals surface area contributed by atoms with Gasteiger partial charge in [0.15, 0.2) is 11.5 Å². The van der Waals surface area contributed by atoms with Crippen LogP contribution >= 0.6 is 0 Å². The van der Waals surface area contributed by atoms with Crippen LogP contribution in [0.4, 0.5) is 0 Å². The molecule has 5 nitrogen and oxygen atoms in total. The van der Waals surface area contributed by atoms with E-state index < -0.39 is 0 Å². The number of esters is 1. The summed E-state index contributed by atoms with van der Waals surface area (Å²) in [6.45, 7) is 2.89. The molecule has 0 amide bonds. The quantitative estimate of drug-likeness (QED) is 0.656. The van der Waals surface area contributed by atoms with Gasteiger partial charge in [-0.2, -0.15) is 0 Å². The van der Waals surface area contributed by atoms with E-state index >= 15 is 0 Å². The molecule has 2 aliphatic rings. The number of aromatic hydroxyl groups is 1. The SMILES string of the molecule is COc1cc(C=CC(=O)OCC2CCCN3CCCCC23)ccc1O. The van der Waals surface area contributed by atoms with Crippen LogP contribution in [0.1, 0.15) is 37.7 Å². The van der Waals surface area contributed by atoms with E-state index in [4.69, 9.17) is 9.47 Å². The number of ether oxygens (including phenoxy) is 2. The molecule has 2 atom stereocenters. The molecule has 0 bridgehead atoms. The molecule has 2 fully saturated rings. The van der Waals surface area contributed by atoms with Gasteiger partial charge in [0.05, 0.1) is 13.7 Å². The summed E-state index contributed by atoms with van der Waals surface area (Å²) in [6, 6.07) is 5.53. The normalized spacial score (nSPS) is 24.0. The third-order valence-corrected chi connectivity index (χ3v) is 5.28. The monoisotopic (exact) mass is 345 g/mol. The van der Waals surface area contributed by atoms with Crippen LogP contribution < -0.4 is 4.74 Å². The van der Waals surface area contributed by atoms with Crippen LogP contribution in [0.3, 0.4) is 0 Å². The maximum absolute atomic E-state index is 12.0. The molecule has 2 heterocycles. The van der Waals surface area contributed by atoms with Crippen molar-refractivity contribution in [1.82, 2.24) is 4.90 Å². The lowest BCUT2D eigenvalue weighted by Crippen LogP contribution is -2.49. The van der Waals surface area contributed by atoms with Crippen LogP contribution in [-0.2, 0) is 9.53 Å². The molecule has 0 spiro atoms. The lowest BCUT2D eigenvalue weighted by atomic mass is 9.84. The number of benzene rings is 1. The maximum atomic E-state index is 12.0. The summed E-state index contributed by atoms with van der Waals surface area (Å²) in [6.07, 6.45) is 9.27. The number of hydrogen-bond acceptors (Lipinski definition) is 5. The number of methoxy groups -OCH3 is 1. The van der Waals surface area contributed by atoms with Gasteiger partial charge in [-0.1, -0.05) is 12.5 Å². The van der Waals surface area contributed by atoms with Crippen molar-refractivity contribution in [3.05, 3.63) is 29.8 Å². The summed E-state index contributed by atoms with van der Waals surface area (Å²) in [5, 5.41) is 9.59. The van der Waals surface area contributed by atoms with Crippen LogP contribution in [-0.4, -0.2) is 48.8 Å². The zero-order chi connectivity index (χ0) is 17.6. The van der Waals surface area contributed by atoms with E-state index in [2.05, 4.69) is 4.90 Å². The highest BCUT2D eigenvalue weighted by Crippen LogP contribution is 2.31. The fourth-order valence-electron chi connectivity index (χ4n) is 3.97. The first-order chi connectivity index (χ1) is 12.2. The van der Waals surface area contributed by atoms with Gasteiger partial charge in [0.2, 0.25) is 0 Å². The van der Waals surface area contributed by atoms with Gasteiger partial charge >= 0.3 is 5.97 Å². The largest absolute Gasteiger partial charge is 0.504 e. The number of phenols is 1. The Kier molecular flexibility index (Phi) is 5.97. The average molecular weight is 345 g/mol. The zero-order valence-corrected chi connectivity index (χ0v) is 14.8. The van der Waals surface area contributed by atoms with Crippen molar-refractivity contribution in [3.8, 4) is 11.5 Å². The summed E-state index contributed by atoms with van der Waals surface area (Å²) < 4.78 is 10.6. The highest BCUT2D eigenvalue weighted by molar-refractivity contribution is 5.87. The number of hydrogen-bond donors (Lipinski definition) is 1. The summed E-state index contributed by atoms with van der Waals surface area (Å²) in [4.78, 5) is 14.6. The molecular weight excluding hydrogens is 318 g/mol. The Morgan fingerprint density at radius 3 is 2.96 bits per heavy atom. The predicted octanol–water partition coefficient (Wildman–Crippen LogP) is 3.22. The van der Waals surface area contributed by atoms with E-state index in [1.807, 2.05) is 0 Å². The van der Waals surface area contributed by atoms with Crippen molar-refractivity contribution in [3.63, 3.8) is 0 Å². The third kappa shape index (κ3) is 4.54. The Balaban J connectivity index is 1.52. The smallest absolute Gasteiger partial charge is 0.330 e. The molecule has 25 heavy (non-hydrogen) atoms. The molecule has 1 aromatic carbocycles. The van der Waals surface area contributed by atoms with E-state index in [1.165, 1.54) is 52.0 Å². The van der Waals surface area contributed by atoms with Gasteiger partial charge in [-0.15, -0.1) is 0 Å². The Hall–Kier alpha value is -2.01. The predicted molar refractivity (Wildman–Crippen MR) is 96.6 cm³/mol. The van der Waals surface area contributed by atoms with Crippen LogP contribution in [0.5, 0.6) is 11.5 Å². The minimum atomic E-state index is -0.319. The third-order valence-electron chi connectivity index (χ3n) is 5.28. The molecule has 2 saturated heterocycles. The molecule has 0 aliphatic carbocycles. The molecule has 0 aromatic heterocycles. The average Bonchev–Trinajstić information content (AvgIpc) is 2.65. The van der Waals surface area contributed by atoms with Crippen molar-refractivity contribution in [1.29, 1.82) is 0 Å². The molecule has 2 aliphatic heterocycles. The Bertz CT molecular complexity index is 626. The number of piperidine rings is 2. The topological polar surface area (TPSA) is 59.0 Å². The minimum absolute atomic E-state index is 0.0801. The van der Waals surface area contributed by atoms with E-state index in [9.17, 15) is 9.90 Å². The highest BCUT2D eigenvalue weighted by atomic mass is 16.5. The Morgan fingerprint density at radius 1 is 1.28 bits per heavy atom. The molecule has 3 rings (SSSR count). The molecule has 0 radical (unpaired) electrons. The molecule has 136 valence electrons. The number of nitrogens with zero attached hydrogens (tertiary/aromatic N) is 1. The van der Waals surface area contributed by atoms with Crippen molar-refractivity contribution in [2.45, 2.75) is 38.1 Å². The van der Waals surface area contributed by atoms with Gasteiger partial charge in [-0.25, -0.2) is 4.79 Å². The Labute approximate surface area is 149 Å². The first kappa shape index (κ1) is 17.8. The number of carbonyl (C=O) groups excluding carboxylic acids is 1. The highest BCUT2D eigenvalue weighted by Gasteiger charge is 2.33. The van der Waals surface area contributed by atoms with Crippen molar-refractivity contribution >= 4 is 12.0 Å². The fraction of sp³-hybridized carbons (Fsp3) is 0.550. The minimum Gasteiger partial charge on any atom is -0.504 e. The molecule has 0 saturated carbocycles. The molecule has 1 aromatic rings. The first-order valence-corrected chi connectivity index (χ1v) is 9.13. The zero-order valence-electron chi connectivity index (χ0n) is 14.8. The Morgan fingerprint density at radius 2 is 2.12 bits per heavy atom. The molecule has 1 N–H and O–H groups in total. The van der Waals surface area contributed by atoms with Crippen LogP contribution in [0.25, 0.3) is 6.08 Å². The second-order valence-corrected chi connectivity index (χ2v) is 6.90. The summed E-state index contributed by atoms with van der Waals surface area (Å²) in [7, 11) is 1.50. The molecule has 2 unspecified atom stereocenters. The van der Waals surface area contributed by atoms with Crippen LogP contribution in [0.15, 0.2) is 24.3 Å². The number of carbonyl (C=O) groups is 1. The standard InChI is InChI=1S/C20H27NO4/c1-24-19-13-15(7-9-18(19)22)8-10-20(23)25-14-16-5-4-12-21-11-3-2-6-17(16)21/h7-10,13,16-17,22H,2-6,11-12,14H2,1H3. The van der Waals surface area contributed by atoms with Gasteiger partial charge in [-0.05, 0) is 62.5 Å². The lowest BCUT2D eigenvalue weighted by molar-refractivity contribution is -0.140. The van der Waals surface area contributed by atoms with Crippen LogP contribution in [0, 0.1) is 5.92 Å². The number of rotatable bonds is 5. The summed E-state index contributed by atoms with van der Waals surface area (Å²) in [5.41, 5.74) is 0.780. The van der Waals surface area contributed by atoms with Crippen molar-refractivity contribution < 1.29 is 19.4 Å². The number of fused-ring (bicyclic) bond motifs is 1. The molecular formula is C20H27NO4. The van der Waals surface area contributed by atoms with Gasteiger partial charge in [0.25, 0.3) is 0 Å². The number of phenolic OH excluding ortho intramolecular Hbond substituents is 1. The van der Waals surface area contributed by atoms with Gasteiger partial charge in [0, 0.05) is 18.0 Å². The summed E-state index contributed by atoms with van der Waals surface area (Å²) in [5.74, 6) is 0.604. The fourth-order valence-corrected chi connectivity index (χ4v) is 3.97. The van der Waals surface area contributed by atoms with Crippen LogP contribution in [0.2, 0.25) is 0 Å². The van der Waals surface area contributed by atoms with E-state index in [0.29, 0.717) is 24.3 Å². The maximum Gasteiger partial charge on any atom is 0.330 e. The van der Waals surface area contributed by atoms with Gasteiger partial charge in [0.1, 0.15) is 0 Å². The van der Waals surface area contributed by atoms with E-state index in [1.54, 1.807) is 24.3 Å².